The van der Waals surface area contributed by atoms with Crippen LogP contribution in [0.5, 0.6) is 0 Å². The van der Waals surface area contributed by atoms with Crippen LogP contribution in [0.4, 0.5) is 0 Å². The van der Waals surface area contributed by atoms with Crippen LogP contribution in [0.1, 0.15) is 6.23 Å². The average molecular weight is 473 g/mol. The van der Waals surface area contributed by atoms with Crippen molar-refractivity contribution in [1.82, 2.24) is 9.55 Å². The molecule has 0 saturated carbocycles. The van der Waals surface area contributed by atoms with Gasteiger partial charge in [-0.2, -0.15) is 4.31 Å². The van der Waals surface area contributed by atoms with Crippen LogP contribution in [0.2, 0.25) is 0 Å². The van der Waals surface area contributed by atoms with E-state index in [0.29, 0.717) is 0 Å². The van der Waals surface area contributed by atoms with E-state index in [2.05, 4.69) is 8.83 Å². The molecular weight excluding hydrogens is 459 g/mol. The molecule has 14 nitrogen and oxygen atoms in total. The largest absolute Gasteiger partial charge is 0.481 e. The van der Waals surface area contributed by atoms with Gasteiger partial charge in [0, 0.05) is 101 Å². The Balaban J connectivity index is 0. The molecule has 1 saturated heterocycles. The minimum atomic E-state index is -5.32. The molecule has 0 aromatic carbocycles. The van der Waals surface area contributed by atoms with Crippen LogP contribution in [0.3, 0.4) is 0 Å². The van der Waals surface area contributed by atoms with Crippen molar-refractivity contribution < 1.29 is 47.6 Å². The summed E-state index contributed by atoms with van der Waals surface area (Å²) in [5.74, 6) is 0. The number of hydrogen-bond donors (Lipinski definition) is 6. The molecule has 145 valence electrons. The number of nitrogens with zero attached hydrogens (tertiary/aromatic N) is 1. The van der Waals surface area contributed by atoms with E-state index in [1.807, 2.05) is 4.98 Å². The molecule has 1 aliphatic rings. The Bertz CT molecular complexity index is 842. The van der Waals surface area contributed by atoms with Crippen molar-refractivity contribution in [3.8, 4) is 0 Å². The minimum Gasteiger partial charge on any atom is -0.387 e. The number of phosphoric ester groups is 1. The molecule has 1 aliphatic heterocycles. The standard InChI is InChI=1S/C9H14N2O12P2.3Na/c12-5-1-2-11(9(15)10-5)8-7(14)6(13)4(22-8)3-21-25(19,20)23-24(16,17)18;;;/h1-2,4,6-8,13-14H,3H2,(H,19,20)(H,10,12,15)(H2,16,17,18);;;/t4-,6-,7-,8-;;;/m1.../s1. The van der Waals surface area contributed by atoms with Gasteiger partial charge in [-0.15, -0.1) is 0 Å². The molecule has 2 rings (SSSR count). The number of rotatable bonds is 6. The number of nitrogens with one attached hydrogen (secondary N) is 1. The normalized spacial score (nSPS) is 26.3. The predicted octanol–water partition coefficient (Wildman–Crippen LogP) is -3.76. The number of aromatic nitrogens is 2. The fraction of sp³-hybridized carbons (Fsp3) is 0.556. The molecule has 0 aliphatic carbocycles. The number of ether oxygens (including phenoxy) is 1. The number of aliphatic hydroxyl groups excluding tert-OH is 2. The number of H-pyrrole nitrogens is 1. The van der Waals surface area contributed by atoms with Gasteiger partial charge >= 0.3 is 21.3 Å². The molecule has 0 amide bonds. The van der Waals surface area contributed by atoms with Crippen LogP contribution in [-0.2, 0) is 22.7 Å². The zero-order valence-corrected chi connectivity index (χ0v) is 22.9. The topological polar surface area (TPSA) is 218 Å². The fourth-order valence-corrected chi connectivity index (χ4v) is 3.65. The molecule has 3 radical (unpaired) electrons. The molecule has 28 heavy (non-hydrogen) atoms. The first-order valence-electron chi connectivity index (χ1n) is 6.47. The summed E-state index contributed by atoms with van der Waals surface area (Å²) in [5, 5.41) is 19.8. The Labute approximate surface area is 223 Å². The molecule has 6 N–H and O–H groups in total. The molecule has 1 unspecified atom stereocenters. The van der Waals surface area contributed by atoms with Crippen LogP contribution < -0.4 is 11.2 Å². The van der Waals surface area contributed by atoms with Crippen molar-refractivity contribution in [2.45, 2.75) is 24.5 Å². The molecule has 19 heteroatoms. The SMILES string of the molecule is O=c1ccn([C@@H]2O[C@H](COP(=O)(O)OP(=O)(O)O)[C@@H](O)[C@H]2O)c(=O)[nH]1.[Na].[Na].[Na]. The van der Waals surface area contributed by atoms with Crippen LogP contribution in [0.15, 0.2) is 21.9 Å². The molecular formula is C9H14N2Na3O12P2. The summed E-state index contributed by atoms with van der Waals surface area (Å²) in [5.41, 5.74) is -1.65. The molecule has 5 atom stereocenters. The van der Waals surface area contributed by atoms with Gasteiger partial charge in [0.05, 0.1) is 6.61 Å². The Morgan fingerprint density at radius 3 is 2.18 bits per heavy atom. The maximum Gasteiger partial charge on any atom is 0.481 e. The van der Waals surface area contributed by atoms with E-state index in [0.717, 1.165) is 16.8 Å². The predicted molar refractivity (Wildman–Crippen MR) is 93.4 cm³/mol. The van der Waals surface area contributed by atoms with Gasteiger partial charge < -0.3 is 29.6 Å². The summed E-state index contributed by atoms with van der Waals surface area (Å²) in [7, 11) is -10.5. The average Bonchev–Trinajstić information content (AvgIpc) is 2.71. The first-order chi connectivity index (χ1) is 11.4. The maximum absolute atomic E-state index is 11.7. The zero-order valence-electron chi connectivity index (χ0n) is 15.1. The first-order valence-corrected chi connectivity index (χ1v) is 9.49. The van der Waals surface area contributed by atoms with Gasteiger partial charge in [0.15, 0.2) is 6.23 Å². The summed E-state index contributed by atoms with van der Waals surface area (Å²) in [6, 6.07) is 0.962. The molecule has 0 bridgehead atoms. The van der Waals surface area contributed by atoms with Gasteiger partial charge in [-0.25, -0.2) is 13.9 Å². The van der Waals surface area contributed by atoms with Crippen LogP contribution in [-0.4, -0.2) is 148 Å². The van der Waals surface area contributed by atoms with Gasteiger partial charge in [0.1, 0.15) is 18.3 Å². The summed E-state index contributed by atoms with van der Waals surface area (Å²) >= 11 is 0. The summed E-state index contributed by atoms with van der Waals surface area (Å²) < 4.78 is 35.6. The summed E-state index contributed by atoms with van der Waals surface area (Å²) in [6.45, 7) is -0.902. The van der Waals surface area contributed by atoms with Gasteiger partial charge in [-0.3, -0.25) is 18.9 Å². The second kappa shape index (κ2) is 12.8. The van der Waals surface area contributed by atoms with E-state index in [1.165, 1.54) is 0 Å². The number of aliphatic hydroxyl groups is 2. The first kappa shape index (κ1) is 32.0. The molecule has 0 spiro atoms. The Morgan fingerprint density at radius 1 is 1.11 bits per heavy atom. The van der Waals surface area contributed by atoms with Gasteiger partial charge in [0.2, 0.25) is 0 Å². The van der Waals surface area contributed by atoms with Gasteiger partial charge in [-0.05, 0) is 0 Å². The van der Waals surface area contributed by atoms with Crippen molar-refractivity contribution in [2.75, 3.05) is 6.61 Å². The van der Waals surface area contributed by atoms with Crippen molar-refractivity contribution in [2.24, 2.45) is 0 Å². The smallest absolute Gasteiger partial charge is 0.387 e. The summed E-state index contributed by atoms with van der Waals surface area (Å²) in [4.78, 5) is 50.7. The van der Waals surface area contributed by atoms with Crippen LogP contribution >= 0.6 is 15.6 Å². The summed E-state index contributed by atoms with van der Waals surface area (Å²) in [6.07, 6.45) is -5.25. The van der Waals surface area contributed by atoms with E-state index in [1.54, 1.807) is 0 Å². The van der Waals surface area contributed by atoms with E-state index < -0.39 is 58.0 Å². The van der Waals surface area contributed by atoms with Crippen LogP contribution in [0, 0.1) is 0 Å². The third-order valence-corrected chi connectivity index (χ3v) is 5.23. The van der Waals surface area contributed by atoms with E-state index in [9.17, 15) is 28.9 Å². The quantitative estimate of drug-likeness (QED) is 0.173. The van der Waals surface area contributed by atoms with E-state index in [4.69, 9.17) is 19.4 Å². The Hall–Kier alpha value is 1.82. The van der Waals surface area contributed by atoms with Crippen molar-refractivity contribution in [1.29, 1.82) is 0 Å². The number of aromatic amines is 1. The monoisotopic (exact) mass is 473 g/mol. The fourth-order valence-electron chi connectivity index (χ4n) is 2.05. The molecule has 1 fully saturated rings. The van der Waals surface area contributed by atoms with E-state index in [-0.39, 0.29) is 88.7 Å². The van der Waals surface area contributed by atoms with Crippen molar-refractivity contribution in [3.05, 3.63) is 33.1 Å². The Morgan fingerprint density at radius 2 is 1.68 bits per heavy atom. The molecule has 1 aromatic rings. The number of phosphoric acid groups is 2. The third kappa shape index (κ3) is 9.13. The molecule has 2 heterocycles. The van der Waals surface area contributed by atoms with Gasteiger partial charge in [0.25, 0.3) is 5.56 Å². The number of hydrogen-bond acceptors (Lipinski definition) is 9. The molecule has 1 aromatic heterocycles. The zero-order chi connectivity index (χ0) is 19.0. The third-order valence-electron chi connectivity index (χ3n) is 3.07. The van der Waals surface area contributed by atoms with Crippen LogP contribution in [0.25, 0.3) is 0 Å². The second-order valence-electron chi connectivity index (χ2n) is 4.90. The Kier molecular flexibility index (Phi) is 14.6. The second-order valence-corrected chi connectivity index (χ2v) is 7.73. The maximum atomic E-state index is 11.7. The van der Waals surface area contributed by atoms with E-state index >= 15 is 0 Å². The van der Waals surface area contributed by atoms with Gasteiger partial charge in [-0.1, -0.05) is 0 Å². The minimum absolute atomic E-state index is 0. The van der Waals surface area contributed by atoms with Crippen molar-refractivity contribution >= 4 is 104 Å². The van der Waals surface area contributed by atoms with Crippen molar-refractivity contribution in [3.63, 3.8) is 0 Å².